The molecule has 1 fully saturated rings. The Bertz CT molecular complexity index is 252. The van der Waals surface area contributed by atoms with Crippen molar-refractivity contribution in [1.82, 2.24) is 10.6 Å². The SMILES string of the molecule is CC(C)C[C@@H]1NC[C@H](CC(C)(C)C)NC1=O.S.S. The van der Waals surface area contributed by atoms with E-state index in [-0.39, 0.29) is 50.4 Å². The van der Waals surface area contributed by atoms with Crippen LogP contribution in [0.5, 0.6) is 0 Å². The fraction of sp³-hybridized carbons (Fsp3) is 0.923. The van der Waals surface area contributed by atoms with E-state index in [1.807, 2.05) is 0 Å². The first-order valence-electron chi connectivity index (χ1n) is 6.31. The third kappa shape index (κ3) is 7.54. The molecule has 0 aromatic carbocycles. The van der Waals surface area contributed by atoms with Gasteiger partial charge in [0.2, 0.25) is 5.91 Å². The van der Waals surface area contributed by atoms with E-state index in [4.69, 9.17) is 0 Å². The van der Waals surface area contributed by atoms with Crippen molar-refractivity contribution >= 4 is 32.9 Å². The Morgan fingerprint density at radius 3 is 2.22 bits per heavy atom. The molecular formula is C13H30N2OS2. The number of hydrogen-bond acceptors (Lipinski definition) is 2. The van der Waals surface area contributed by atoms with Gasteiger partial charge in [0.25, 0.3) is 0 Å². The third-order valence-corrected chi connectivity index (χ3v) is 2.84. The topological polar surface area (TPSA) is 41.1 Å². The van der Waals surface area contributed by atoms with E-state index in [0.29, 0.717) is 5.92 Å². The van der Waals surface area contributed by atoms with Gasteiger partial charge in [-0.2, -0.15) is 27.0 Å². The summed E-state index contributed by atoms with van der Waals surface area (Å²) in [6.45, 7) is 11.8. The van der Waals surface area contributed by atoms with Gasteiger partial charge < -0.3 is 10.6 Å². The van der Waals surface area contributed by atoms with Crippen molar-refractivity contribution in [3.8, 4) is 0 Å². The Hall–Kier alpha value is 0.130. The van der Waals surface area contributed by atoms with Gasteiger partial charge in [-0.1, -0.05) is 34.6 Å². The van der Waals surface area contributed by atoms with E-state index in [1.54, 1.807) is 0 Å². The van der Waals surface area contributed by atoms with E-state index >= 15 is 0 Å². The van der Waals surface area contributed by atoms with Crippen molar-refractivity contribution in [3.63, 3.8) is 0 Å². The maximum absolute atomic E-state index is 11.9. The summed E-state index contributed by atoms with van der Waals surface area (Å²) < 4.78 is 0. The second-order valence-corrected chi connectivity index (χ2v) is 6.56. The molecule has 110 valence electrons. The highest BCUT2D eigenvalue weighted by molar-refractivity contribution is 7.59. The smallest absolute Gasteiger partial charge is 0.237 e. The van der Waals surface area contributed by atoms with Crippen LogP contribution in [0, 0.1) is 11.3 Å². The summed E-state index contributed by atoms with van der Waals surface area (Å²) in [5.41, 5.74) is 0.268. The van der Waals surface area contributed by atoms with Gasteiger partial charge in [-0.25, -0.2) is 0 Å². The summed E-state index contributed by atoms with van der Waals surface area (Å²) >= 11 is 0. The molecule has 5 heteroatoms. The predicted molar refractivity (Wildman–Crippen MR) is 88.0 cm³/mol. The van der Waals surface area contributed by atoms with Gasteiger partial charge in [0.15, 0.2) is 0 Å². The molecule has 1 heterocycles. The van der Waals surface area contributed by atoms with Gasteiger partial charge in [0, 0.05) is 12.6 Å². The zero-order valence-corrected chi connectivity index (χ0v) is 14.3. The quantitative estimate of drug-likeness (QED) is 0.837. The number of carbonyl (C=O) groups excluding carboxylic acids is 1. The monoisotopic (exact) mass is 294 g/mol. The number of piperazine rings is 1. The Labute approximate surface area is 126 Å². The summed E-state index contributed by atoms with van der Waals surface area (Å²) in [7, 11) is 0. The van der Waals surface area contributed by atoms with Crippen LogP contribution in [0.15, 0.2) is 0 Å². The van der Waals surface area contributed by atoms with Crippen LogP contribution in [0.3, 0.4) is 0 Å². The minimum Gasteiger partial charge on any atom is -0.351 e. The lowest BCUT2D eigenvalue weighted by molar-refractivity contribution is -0.126. The maximum atomic E-state index is 11.9. The lowest BCUT2D eigenvalue weighted by Gasteiger charge is -2.34. The Kier molecular flexibility index (Phi) is 9.46. The Morgan fingerprint density at radius 1 is 1.28 bits per heavy atom. The van der Waals surface area contributed by atoms with Gasteiger partial charge >= 0.3 is 0 Å². The summed E-state index contributed by atoms with van der Waals surface area (Å²) in [5, 5.41) is 6.49. The standard InChI is InChI=1S/C13H26N2O.2H2S/c1-9(2)6-11-12(16)15-10(8-14-11)7-13(3,4)5;;/h9-11,14H,6-8H2,1-5H3,(H,15,16);2*1H2/t10-,11-;;/m0../s1. The molecule has 3 nitrogen and oxygen atoms in total. The van der Waals surface area contributed by atoms with Crippen molar-refractivity contribution in [1.29, 1.82) is 0 Å². The second kappa shape index (κ2) is 8.33. The molecule has 0 spiro atoms. The van der Waals surface area contributed by atoms with Crippen molar-refractivity contribution in [2.75, 3.05) is 6.54 Å². The molecule has 1 aliphatic heterocycles. The molecule has 1 aliphatic rings. The van der Waals surface area contributed by atoms with Gasteiger partial charge in [0.1, 0.15) is 0 Å². The van der Waals surface area contributed by atoms with Crippen LogP contribution < -0.4 is 10.6 Å². The number of nitrogens with one attached hydrogen (secondary N) is 2. The molecule has 0 bridgehead atoms. The molecule has 2 N–H and O–H groups in total. The molecule has 2 atom stereocenters. The van der Waals surface area contributed by atoms with E-state index in [2.05, 4.69) is 45.3 Å². The predicted octanol–water partition coefficient (Wildman–Crippen LogP) is 2.15. The van der Waals surface area contributed by atoms with E-state index in [1.165, 1.54) is 0 Å². The normalized spacial score (nSPS) is 24.0. The van der Waals surface area contributed by atoms with Crippen LogP contribution in [0.1, 0.15) is 47.5 Å². The molecule has 0 aromatic heterocycles. The first kappa shape index (κ1) is 20.4. The summed E-state index contributed by atoms with van der Waals surface area (Å²) in [6.07, 6.45) is 1.95. The molecule has 18 heavy (non-hydrogen) atoms. The highest BCUT2D eigenvalue weighted by atomic mass is 32.1. The van der Waals surface area contributed by atoms with Gasteiger partial charge in [-0.3, -0.25) is 4.79 Å². The summed E-state index contributed by atoms with van der Waals surface area (Å²) in [6, 6.07) is 0.298. The Morgan fingerprint density at radius 2 is 1.83 bits per heavy atom. The number of carbonyl (C=O) groups is 1. The minimum absolute atomic E-state index is 0. The molecule has 1 amide bonds. The lowest BCUT2D eigenvalue weighted by atomic mass is 9.87. The molecule has 1 saturated heterocycles. The number of hydrogen-bond donors (Lipinski definition) is 2. The van der Waals surface area contributed by atoms with Crippen molar-refractivity contribution in [2.45, 2.75) is 59.5 Å². The lowest BCUT2D eigenvalue weighted by Crippen LogP contribution is -2.59. The first-order chi connectivity index (χ1) is 7.28. The maximum Gasteiger partial charge on any atom is 0.237 e. The van der Waals surface area contributed by atoms with Crippen molar-refractivity contribution < 1.29 is 4.79 Å². The largest absolute Gasteiger partial charge is 0.351 e. The summed E-state index contributed by atoms with van der Waals surface area (Å²) in [4.78, 5) is 11.9. The molecule has 0 unspecified atom stereocenters. The van der Waals surface area contributed by atoms with Gasteiger partial charge in [-0.05, 0) is 24.2 Å². The molecular weight excluding hydrogens is 264 g/mol. The molecule has 0 aliphatic carbocycles. The van der Waals surface area contributed by atoms with Crippen LogP contribution in [0.2, 0.25) is 0 Å². The average molecular weight is 295 g/mol. The minimum atomic E-state index is 0. The Balaban J connectivity index is 0. The van der Waals surface area contributed by atoms with Crippen LogP contribution in [-0.4, -0.2) is 24.5 Å². The van der Waals surface area contributed by atoms with Gasteiger partial charge in [0.05, 0.1) is 6.04 Å². The molecule has 0 radical (unpaired) electrons. The van der Waals surface area contributed by atoms with Crippen LogP contribution in [-0.2, 0) is 4.79 Å². The molecule has 0 aromatic rings. The zero-order valence-electron chi connectivity index (χ0n) is 12.3. The fourth-order valence-corrected chi connectivity index (χ4v) is 2.25. The highest BCUT2D eigenvalue weighted by Gasteiger charge is 2.29. The van der Waals surface area contributed by atoms with E-state index < -0.39 is 0 Å². The van der Waals surface area contributed by atoms with Gasteiger partial charge in [-0.15, -0.1) is 0 Å². The number of rotatable bonds is 3. The van der Waals surface area contributed by atoms with Crippen LogP contribution in [0.4, 0.5) is 0 Å². The number of amides is 1. The van der Waals surface area contributed by atoms with Crippen LogP contribution >= 0.6 is 27.0 Å². The fourth-order valence-electron chi connectivity index (χ4n) is 2.25. The molecule has 0 saturated carbocycles. The molecule has 1 rings (SSSR count). The average Bonchev–Trinajstić information content (AvgIpc) is 2.06. The van der Waals surface area contributed by atoms with E-state index in [0.717, 1.165) is 19.4 Å². The van der Waals surface area contributed by atoms with Crippen molar-refractivity contribution in [3.05, 3.63) is 0 Å². The van der Waals surface area contributed by atoms with Crippen molar-refractivity contribution in [2.24, 2.45) is 11.3 Å². The second-order valence-electron chi connectivity index (χ2n) is 6.56. The summed E-state index contributed by atoms with van der Waals surface area (Å²) in [5.74, 6) is 0.733. The highest BCUT2D eigenvalue weighted by Crippen LogP contribution is 2.22. The zero-order chi connectivity index (χ0) is 12.3. The van der Waals surface area contributed by atoms with Crippen LogP contribution in [0.25, 0.3) is 0 Å². The third-order valence-electron chi connectivity index (χ3n) is 2.84. The van der Waals surface area contributed by atoms with E-state index in [9.17, 15) is 4.79 Å². The first-order valence-corrected chi connectivity index (χ1v) is 6.31.